The van der Waals surface area contributed by atoms with Crippen LogP contribution in [0.1, 0.15) is 12.8 Å². The summed E-state index contributed by atoms with van der Waals surface area (Å²) in [5, 5.41) is 2.56. The summed E-state index contributed by atoms with van der Waals surface area (Å²) in [5.74, 6) is -0.516. The molecule has 2 N–H and O–H groups in total. The van der Waals surface area contributed by atoms with E-state index in [1.807, 2.05) is 5.32 Å². The smallest absolute Gasteiger partial charge is 0.410 e. The Morgan fingerprint density at radius 1 is 1.19 bits per heavy atom. The van der Waals surface area contributed by atoms with Crippen molar-refractivity contribution in [2.24, 2.45) is 0 Å². The van der Waals surface area contributed by atoms with Crippen LogP contribution in [-0.2, 0) is 19.5 Å². The number of hydrogen-bond donors (Lipinski definition) is 2. The van der Waals surface area contributed by atoms with Crippen LogP contribution < -0.4 is 10.1 Å². The molecule has 26 heavy (non-hydrogen) atoms. The maximum Gasteiger partial charge on any atom is 0.419 e. The highest BCUT2D eigenvalue weighted by Crippen LogP contribution is 2.30. The number of nitrogens with one attached hydrogen (secondary N) is 1. The molecule has 0 aliphatic carbocycles. The molecule has 1 aromatic rings. The molecular weight excluding hydrogens is 370 g/mol. The first-order chi connectivity index (χ1) is 12.2. The van der Waals surface area contributed by atoms with Gasteiger partial charge < -0.3 is 9.64 Å². The molecule has 140 valence electrons. The summed E-state index contributed by atoms with van der Waals surface area (Å²) in [6.45, 7) is 0.0279. The highest BCUT2D eigenvalue weighted by Gasteiger charge is 2.49. The number of hydroxylamine groups is 2. The number of fused-ring (bicyclic) bond motifs is 2. The van der Waals surface area contributed by atoms with Crippen LogP contribution in [0.3, 0.4) is 0 Å². The molecule has 11 nitrogen and oxygen atoms in total. The van der Waals surface area contributed by atoms with E-state index in [1.54, 1.807) is 18.2 Å². The van der Waals surface area contributed by atoms with Gasteiger partial charge in [0.15, 0.2) is 0 Å². The lowest BCUT2D eigenvalue weighted by Crippen LogP contribution is -2.51. The number of para-hydroxylation sites is 1. The van der Waals surface area contributed by atoms with Crippen molar-refractivity contribution in [1.82, 2.24) is 15.3 Å². The van der Waals surface area contributed by atoms with E-state index in [4.69, 9.17) is 9.29 Å². The van der Waals surface area contributed by atoms with Gasteiger partial charge in [-0.3, -0.25) is 14.7 Å². The second-order valence-electron chi connectivity index (χ2n) is 5.70. The molecule has 0 radical (unpaired) electrons. The third-order valence-electron chi connectivity index (χ3n) is 3.98. The van der Waals surface area contributed by atoms with Crippen molar-refractivity contribution < 1.29 is 36.4 Å². The van der Waals surface area contributed by atoms with E-state index in [0.29, 0.717) is 5.06 Å². The molecule has 2 bridgehead atoms. The summed E-state index contributed by atoms with van der Waals surface area (Å²) in [7, 11) is -4.87. The first-order valence-corrected chi connectivity index (χ1v) is 8.95. The van der Waals surface area contributed by atoms with E-state index in [-0.39, 0.29) is 25.1 Å². The standard InChI is InChI=1S/C14H15N3O8S/c18-12(15-13(19)24-10-4-2-1-3-5-10)11-7-6-9-8-16(11)14(20)17(9)25-26(21,22)23/h1-5,9,11H,6-8H2,(H,15,18,19)(H,21,22,23)/t9?,11-/m0/s1. The maximum absolute atomic E-state index is 12.3. The molecule has 1 aromatic carbocycles. The summed E-state index contributed by atoms with van der Waals surface area (Å²) in [6, 6.07) is 5.60. The largest absolute Gasteiger partial charge is 0.419 e. The van der Waals surface area contributed by atoms with Gasteiger partial charge in [-0.05, 0) is 25.0 Å². The third kappa shape index (κ3) is 3.92. The predicted molar refractivity (Wildman–Crippen MR) is 84.0 cm³/mol. The quantitative estimate of drug-likeness (QED) is 0.705. The molecule has 2 atom stereocenters. The Morgan fingerprint density at radius 2 is 1.88 bits per heavy atom. The molecule has 2 heterocycles. The van der Waals surface area contributed by atoms with E-state index >= 15 is 0 Å². The number of benzene rings is 1. The Bertz CT molecular complexity index is 828. The van der Waals surface area contributed by atoms with Gasteiger partial charge >= 0.3 is 22.5 Å². The molecule has 2 aliphatic rings. The van der Waals surface area contributed by atoms with Crippen LogP contribution in [0, 0.1) is 0 Å². The first-order valence-electron chi connectivity index (χ1n) is 7.59. The lowest BCUT2D eigenvalue weighted by atomic mass is 10.0. The molecule has 2 aliphatic heterocycles. The van der Waals surface area contributed by atoms with Crippen molar-refractivity contribution in [2.75, 3.05) is 6.54 Å². The van der Waals surface area contributed by atoms with Crippen molar-refractivity contribution in [3.63, 3.8) is 0 Å². The number of carbonyl (C=O) groups is 3. The molecule has 0 saturated carbocycles. The molecule has 2 fully saturated rings. The van der Waals surface area contributed by atoms with Crippen LogP contribution >= 0.6 is 0 Å². The Morgan fingerprint density at radius 3 is 2.54 bits per heavy atom. The molecule has 4 amide bonds. The number of imide groups is 1. The Hall–Kier alpha value is -2.70. The van der Waals surface area contributed by atoms with Gasteiger partial charge in [0, 0.05) is 6.54 Å². The zero-order valence-electron chi connectivity index (χ0n) is 13.3. The van der Waals surface area contributed by atoms with E-state index in [9.17, 15) is 22.8 Å². The van der Waals surface area contributed by atoms with Gasteiger partial charge in [-0.1, -0.05) is 18.2 Å². The van der Waals surface area contributed by atoms with Gasteiger partial charge in [0.25, 0.3) is 5.91 Å². The highest BCUT2D eigenvalue weighted by atomic mass is 32.3. The SMILES string of the molecule is O=C(NC(=O)[C@@H]1CCC2CN1C(=O)N2OS(=O)(=O)O)Oc1ccccc1. The average molecular weight is 385 g/mol. The van der Waals surface area contributed by atoms with E-state index < -0.39 is 40.5 Å². The van der Waals surface area contributed by atoms with Crippen molar-refractivity contribution >= 4 is 28.4 Å². The van der Waals surface area contributed by atoms with Crippen molar-refractivity contribution in [3.8, 4) is 5.75 Å². The Labute approximate surface area is 148 Å². The summed E-state index contributed by atoms with van der Waals surface area (Å²) in [4.78, 5) is 37.4. The number of piperidine rings is 1. The monoisotopic (exact) mass is 385 g/mol. The lowest BCUT2D eigenvalue weighted by Gasteiger charge is -2.28. The molecule has 3 rings (SSSR count). The number of rotatable bonds is 4. The number of urea groups is 1. The Kier molecular flexibility index (Phi) is 4.80. The Balaban J connectivity index is 1.62. The van der Waals surface area contributed by atoms with Crippen LogP contribution in [0.25, 0.3) is 0 Å². The van der Waals surface area contributed by atoms with Crippen molar-refractivity contribution in [3.05, 3.63) is 30.3 Å². The summed E-state index contributed by atoms with van der Waals surface area (Å²) in [6.07, 6.45) is -0.559. The zero-order chi connectivity index (χ0) is 18.9. The maximum atomic E-state index is 12.3. The second kappa shape index (κ2) is 6.90. The molecule has 0 spiro atoms. The van der Waals surface area contributed by atoms with Crippen LogP contribution in [0.5, 0.6) is 5.75 Å². The number of ether oxygens (including phenoxy) is 1. The first kappa shape index (κ1) is 18.1. The summed E-state index contributed by atoms with van der Waals surface area (Å²) < 4.78 is 39.6. The van der Waals surface area contributed by atoms with Gasteiger partial charge in [-0.15, -0.1) is 4.28 Å². The molecule has 0 aromatic heterocycles. The minimum absolute atomic E-state index is 0.0279. The third-order valence-corrected chi connectivity index (χ3v) is 4.33. The van der Waals surface area contributed by atoms with Crippen LogP contribution in [0.15, 0.2) is 30.3 Å². The molecule has 1 unspecified atom stereocenters. The van der Waals surface area contributed by atoms with Crippen molar-refractivity contribution in [1.29, 1.82) is 0 Å². The van der Waals surface area contributed by atoms with E-state index in [0.717, 1.165) is 4.90 Å². The fraction of sp³-hybridized carbons (Fsp3) is 0.357. The van der Waals surface area contributed by atoms with E-state index in [1.165, 1.54) is 12.1 Å². The average Bonchev–Trinajstić information content (AvgIpc) is 2.79. The van der Waals surface area contributed by atoms with Gasteiger partial charge in [-0.25, -0.2) is 9.59 Å². The normalized spacial score (nSPS) is 22.3. The molecular formula is C14H15N3O8S. The second-order valence-corrected chi connectivity index (χ2v) is 6.71. The fourth-order valence-corrected chi connectivity index (χ4v) is 3.30. The lowest BCUT2D eigenvalue weighted by molar-refractivity contribution is -0.125. The van der Waals surface area contributed by atoms with Gasteiger partial charge in [-0.2, -0.15) is 13.5 Å². The van der Waals surface area contributed by atoms with Crippen molar-refractivity contribution in [2.45, 2.75) is 24.9 Å². The topological polar surface area (TPSA) is 143 Å². The van der Waals surface area contributed by atoms with Crippen LogP contribution in [-0.4, -0.2) is 59.6 Å². The molecule has 12 heteroatoms. The zero-order valence-corrected chi connectivity index (χ0v) is 14.1. The van der Waals surface area contributed by atoms with Gasteiger partial charge in [0.1, 0.15) is 11.8 Å². The number of amides is 4. The summed E-state index contributed by atoms with van der Waals surface area (Å²) in [5.41, 5.74) is 0. The number of nitrogens with zero attached hydrogens (tertiary/aromatic N) is 2. The highest BCUT2D eigenvalue weighted by molar-refractivity contribution is 7.80. The number of hydrogen-bond acceptors (Lipinski definition) is 7. The molecule has 2 saturated heterocycles. The minimum atomic E-state index is -4.87. The van der Waals surface area contributed by atoms with Crippen LogP contribution in [0.2, 0.25) is 0 Å². The van der Waals surface area contributed by atoms with Gasteiger partial charge in [0.2, 0.25) is 0 Å². The van der Waals surface area contributed by atoms with E-state index in [2.05, 4.69) is 4.28 Å². The summed E-state index contributed by atoms with van der Waals surface area (Å²) >= 11 is 0. The number of carbonyl (C=O) groups excluding carboxylic acids is 3. The predicted octanol–water partition coefficient (Wildman–Crippen LogP) is 0.305. The van der Waals surface area contributed by atoms with Gasteiger partial charge in [0.05, 0.1) is 6.04 Å². The minimum Gasteiger partial charge on any atom is -0.410 e. The fourth-order valence-electron chi connectivity index (χ4n) is 2.91. The van der Waals surface area contributed by atoms with Crippen LogP contribution in [0.4, 0.5) is 9.59 Å².